The van der Waals surface area contributed by atoms with E-state index in [4.69, 9.17) is 23.2 Å². The zero-order chi connectivity index (χ0) is 14.9. The van der Waals surface area contributed by atoms with E-state index in [9.17, 15) is 14.9 Å². The number of nitro groups is 1. The Labute approximate surface area is 131 Å². The molecule has 2 aromatic heterocycles. The molecule has 104 valence electrons. The minimum atomic E-state index is -0.740. The van der Waals surface area contributed by atoms with Gasteiger partial charge in [0, 0.05) is 16.7 Å². The van der Waals surface area contributed by atoms with E-state index in [0.717, 1.165) is 10.6 Å². The number of halogens is 3. The number of aromatic nitrogens is 2. The van der Waals surface area contributed by atoms with Gasteiger partial charge in [0.25, 0.3) is 0 Å². The van der Waals surface area contributed by atoms with Gasteiger partial charge in [0.1, 0.15) is 5.15 Å². The van der Waals surface area contributed by atoms with E-state index in [1.807, 2.05) is 0 Å². The van der Waals surface area contributed by atoms with Crippen LogP contribution in [0.1, 0.15) is 5.69 Å². The lowest BCUT2D eigenvalue weighted by Crippen LogP contribution is -2.23. The van der Waals surface area contributed by atoms with Crippen molar-refractivity contribution in [2.75, 3.05) is 0 Å². The zero-order valence-electron chi connectivity index (χ0n) is 9.72. The van der Waals surface area contributed by atoms with Gasteiger partial charge in [-0.3, -0.25) is 14.9 Å². The highest BCUT2D eigenvalue weighted by molar-refractivity contribution is 9.10. The van der Waals surface area contributed by atoms with Crippen LogP contribution >= 0.6 is 39.1 Å². The van der Waals surface area contributed by atoms with Crippen molar-refractivity contribution < 1.29 is 4.92 Å². The molecule has 9 heteroatoms. The molecule has 0 saturated carbocycles. The third-order valence-corrected chi connectivity index (χ3v) is 3.42. The summed E-state index contributed by atoms with van der Waals surface area (Å²) in [5.41, 5.74) is -0.915. The van der Waals surface area contributed by atoms with E-state index < -0.39 is 16.2 Å². The summed E-state index contributed by atoms with van der Waals surface area (Å²) in [7, 11) is 0. The maximum absolute atomic E-state index is 12.0. The molecule has 0 aliphatic carbocycles. The second-order valence-corrected chi connectivity index (χ2v) is 5.51. The Morgan fingerprint density at radius 2 is 2.10 bits per heavy atom. The van der Waals surface area contributed by atoms with Crippen molar-refractivity contribution >= 4 is 44.8 Å². The minimum Gasteiger partial charge on any atom is -0.302 e. The van der Waals surface area contributed by atoms with Crippen LogP contribution in [-0.2, 0) is 6.54 Å². The molecule has 0 aliphatic rings. The summed E-state index contributed by atoms with van der Waals surface area (Å²) >= 11 is 14.8. The summed E-state index contributed by atoms with van der Waals surface area (Å²) in [5, 5.41) is 11.4. The largest absolute Gasteiger partial charge is 0.335 e. The van der Waals surface area contributed by atoms with Crippen molar-refractivity contribution in [1.82, 2.24) is 9.55 Å². The second-order valence-electron chi connectivity index (χ2n) is 3.80. The highest BCUT2D eigenvalue weighted by Gasteiger charge is 2.17. The van der Waals surface area contributed by atoms with Gasteiger partial charge in [-0.1, -0.05) is 23.2 Å². The molecule has 2 rings (SSSR count). The summed E-state index contributed by atoms with van der Waals surface area (Å²) in [6, 6.07) is 4.20. The molecule has 2 aromatic rings. The van der Waals surface area contributed by atoms with Crippen LogP contribution in [-0.4, -0.2) is 14.5 Å². The average Bonchev–Trinajstić information content (AvgIpc) is 2.37. The Balaban J connectivity index is 2.51. The van der Waals surface area contributed by atoms with Crippen molar-refractivity contribution in [3.05, 3.63) is 65.2 Å². The van der Waals surface area contributed by atoms with Gasteiger partial charge in [0.05, 0.1) is 22.2 Å². The first kappa shape index (κ1) is 15.0. The summed E-state index contributed by atoms with van der Waals surface area (Å²) in [4.78, 5) is 26.0. The number of pyridine rings is 2. The van der Waals surface area contributed by atoms with E-state index in [-0.39, 0.29) is 11.7 Å². The van der Waals surface area contributed by atoms with E-state index in [0.29, 0.717) is 15.2 Å². The third kappa shape index (κ3) is 3.17. The predicted molar refractivity (Wildman–Crippen MR) is 78.4 cm³/mol. The Bertz CT molecular complexity index is 748. The molecule has 0 saturated heterocycles. The first-order chi connectivity index (χ1) is 9.38. The number of nitrogens with zero attached hydrogens (tertiary/aromatic N) is 3. The van der Waals surface area contributed by atoms with Crippen LogP contribution in [0, 0.1) is 10.1 Å². The maximum atomic E-state index is 12.0. The smallest absolute Gasteiger partial charge is 0.302 e. The van der Waals surface area contributed by atoms with Crippen molar-refractivity contribution in [2.45, 2.75) is 6.54 Å². The monoisotopic (exact) mass is 377 g/mol. The SMILES string of the molecule is O=c1c([N+](=O)[O-])cc(Br)cn1Cc1nc(Cl)ccc1Cl. The summed E-state index contributed by atoms with van der Waals surface area (Å²) in [6.45, 7) is -0.0154. The molecule has 0 aromatic carbocycles. The van der Waals surface area contributed by atoms with Crippen LogP contribution in [0.4, 0.5) is 5.69 Å². The first-order valence-corrected chi connectivity index (χ1v) is 6.78. The maximum Gasteiger partial charge on any atom is 0.335 e. The van der Waals surface area contributed by atoms with Gasteiger partial charge in [-0.15, -0.1) is 0 Å². The summed E-state index contributed by atoms with van der Waals surface area (Å²) in [6.07, 6.45) is 1.42. The highest BCUT2D eigenvalue weighted by Crippen LogP contribution is 2.19. The topological polar surface area (TPSA) is 78.0 Å². The summed E-state index contributed by atoms with van der Waals surface area (Å²) < 4.78 is 1.55. The standard InChI is InChI=1S/C11H6BrCl2N3O3/c12-6-3-9(17(19)20)11(18)16(4-6)5-8-7(13)1-2-10(14)15-8/h1-4H,5H2. The molecule has 2 heterocycles. The van der Waals surface area contributed by atoms with E-state index >= 15 is 0 Å². The van der Waals surface area contributed by atoms with Gasteiger partial charge < -0.3 is 4.57 Å². The molecule has 0 aliphatic heterocycles. The fourth-order valence-corrected chi connectivity index (χ4v) is 2.36. The molecular weight excluding hydrogens is 373 g/mol. The van der Waals surface area contributed by atoms with Crippen LogP contribution in [0.2, 0.25) is 10.2 Å². The van der Waals surface area contributed by atoms with E-state index in [1.54, 1.807) is 6.07 Å². The molecule has 0 bridgehead atoms. The van der Waals surface area contributed by atoms with Crippen LogP contribution in [0.25, 0.3) is 0 Å². The van der Waals surface area contributed by atoms with Crippen LogP contribution in [0.3, 0.4) is 0 Å². The average molecular weight is 379 g/mol. The lowest BCUT2D eigenvalue weighted by atomic mass is 10.3. The minimum absolute atomic E-state index is 0.0154. The number of rotatable bonds is 3. The number of hydrogen-bond donors (Lipinski definition) is 0. The number of hydrogen-bond acceptors (Lipinski definition) is 4. The predicted octanol–water partition coefficient (Wildman–Crippen LogP) is 3.27. The second kappa shape index (κ2) is 5.90. The van der Waals surface area contributed by atoms with Gasteiger partial charge >= 0.3 is 11.2 Å². The first-order valence-electron chi connectivity index (χ1n) is 5.24. The molecule has 0 amide bonds. The lowest BCUT2D eigenvalue weighted by Gasteiger charge is -2.07. The Hall–Kier alpha value is -1.44. The van der Waals surface area contributed by atoms with Gasteiger partial charge in [-0.25, -0.2) is 4.98 Å². The molecular formula is C11H6BrCl2N3O3. The highest BCUT2D eigenvalue weighted by atomic mass is 79.9. The fraction of sp³-hybridized carbons (Fsp3) is 0.0909. The Kier molecular flexibility index (Phi) is 4.42. The Morgan fingerprint density at radius 1 is 1.40 bits per heavy atom. The molecule has 0 unspecified atom stereocenters. The molecule has 6 nitrogen and oxygen atoms in total. The van der Waals surface area contributed by atoms with Crippen molar-refractivity contribution in [1.29, 1.82) is 0 Å². The van der Waals surface area contributed by atoms with Gasteiger partial charge in [0.15, 0.2) is 0 Å². The van der Waals surface area contributed by atoms with Crippen LogP contribution in [0.5, 0.6) is 0 Å². The van der Waals surface area contributed by atoms with Crippen molar-refractivity contribution in [3.63, 3.8) is 0 Å². The van der Waals surface area contributed by atoms with Gasteiger partial charge in [0.2, 0.25) is 0 Å². The lowest BCUT2D eigenvalue weighted by molar-refractivity contribution is -0.386. The van der Waals surface area contributed by atoms with Crippen LogP contribution in [0.15, 0.2) is 33.7 Å². The molecule has 0 fully saturated rings. The Morgan fingerprint density at radius 3 is 2.75 bits per heavy atom. The van der Waals surface area contributed by atoms with E-state index in [1.165, 1.54) is 12.3 Å². The fourth-order valence-electron chi connectivity index (χ4n) is 1.56. The summed E-state index contributed by atoms with van der Waals surface area (Å²) in [5.74, 6) is 0. The quantitative estimate of drug-likeness (QED) is 0.466. The van der Waals surface area contributed by atoms with Crippen molar-refractivity contribution in [2.24, 2.45) is 0 Å². The molecule has 0 N–H and O–H groups in total. The molecule has 0 atom stereocenters. The molecule has 0 spiro atoms. The molecule has 0 radical (unpaired) electrons. The van der Waals surface area contributed by atoms with E-state index in [2.05, 4.69) is 20.9 Å². The van der Waals surface area contributed by atoms with Gasteiger partial charge in [-0.05, 0) is 28.1 Å². The molecule has 20 heavy (non-hydrogen) atoms. The normalized spacial score (nSPS) is 10.6. The van der Waals surface area contributed by atoms with Crippen LogP contribution < -0.4 is 5.56 Å². The third-order valence-electron chi connectivity index (χ3n) is 2.44. The van der Waals surface area contributed by atoms with Crippen molar-refractivity contribution in [3.8, 4) is 0 Å². The zero-order valence-corrected chi connectivity index (χ0v) is 12.8. The van der Waals surface area contributed by atoms with Gasteiger partial charge in [-0.2, -0.15) is 0 Å².